The molecule has 3 amide bonds. The molecule has 0 spiro atoms. The molecule has 1 aliphatic rings. The molecule has 1 fully saturated rings. The number of aromatic nitrogens is 3. The van der Waals surface area contributed by atoms with Crippen LogP contribution in [0.4, 0.5) is 16.3 Å². The molecule has 34 heavy (non-hydrogen) atoms. The number of piperidine rings is 1. The van der Waals surface area contributed by atoms with Crippen molar-refractivity contribution in [3.05, 3.63) is 77.2 Å². The zero-order valence-electron chi connectivity index (χ0n) is 18.6. The van der Waals surface area contributed by atoms with Crippen molar-refractivity contribution in [2.45, 2.75) is 25.9 Å². The summed E-state index contributed by atoms with van der Waals surface area (Å²) in [6.07, 6.45) is 4.86. The molecule has 1 aliphatic heterocycles. The van der Waals surface area contributed by atoms with Crippen molar-refractivity contribution in [1.82, 2.24) is 25.8 Å². The Balaban J connectivity index is 1.21. The van der Waals surface area contributed by atoms with Gasteiger partial charge in [0, 0.05) is 50.2 Å². The quantitative estimate of drug-likeness (QED) is 0.479. The third kappa shape index (κ3) is 6.64. The highest BCUT2D eigenvalue weighted by molar-refractivity contribution is 6.29. The van der Waals surface area contributed by atoms with E-state index in [0.29, 0.717) is 23.9 Å². The van der Waals surface area contributed by atoms with Crippen LogP contribution in [0.2, 0.25) is 5.15 Å². The Labute approximate surface area is 202 Å². The van der Waals surface area contributed by atoms with Crippen LogP contribution in [0.5, 0.6) is 0 Å². The minimum absolute atomic E-state index is 0.0373. The van der Waals surface area contributed by atoms with Gasteiger partial charge in [-0.05, 0) is 60.4 Å². The Hall–Kier alpha value is -3.72. The molecule has 1 saturated heterocycles. The summed E-state index contributed by atoms with van der Waals surface area (Å²) in [4.78, 5) is 30.9. The molecule has 0 bridgehead atoms. The minimum atomic E-state index is -0.296. The van der Waals surface area contributed by atoms with Gasteiger partial charge in [0.25, 0.3) is 0 Å². The number of urea groups is 1. The van der Waals surface area contributed by atoms with Crippen LogP contribution in [0.1, 0.15) is 24.0 Å². The van der Waals surface area contributed by atoms with Gasteiger partial charge < -0.3 is 20.9 Å². The van der Waals surface area contributed by atoms with Crippen molar-refractivity contribution < 1.29 is 9.59 Å². The number of halogens is 1. The van der Waals surface area contributed by atoms with E-state index in [9.17, 15) is 9.59 Å². The minimum Gasteiger partial charge on any atom is -0.355 e. The van der Waals surface area contributed by atoms with Crippen molar-refractivity contribution in [1.29, 1.82) is 0 Å². The van der Waals surface area contributed by atoms with Gasteiger partial charge >= 0.3 is 6.03 Å². The summed E-state index contributed by atoms with van der Waals surface area (Å²) in [5.41, 5.74) is 2.54. The smallest absolute Gasteiger partial charge is 0.319 e. The molecule has 3 aromatic rings. The molecule has 0 atom stereocenters. The molecule has 0 saturated carbocycles. The molecule has 3 N–H and O–H groups in total. The maximum atomic E-state index is 12.7. The van der Waals surface area contributed by atoms with Gasteiger partial charge in [-0.25, -0.2) is 4.79 Å². The van der Waals surface area contributed by atoms with E-state index in [4.69, 9.17) is 11.6 Å². The van der Waals surface area contributed by atoms with Gasteiger partial charge in [0.2, 0.25) is 5.91 Å². The number of nitrogens with zero attached hydrogens (tertiary/aromatic N) is 4. The molecule has 2 aromatic heterocycles. The predicted molar refractivity (Wildman–Crippen MR) is 130 cm³/mol. The van der Waals surface area contributed by atoms with Gasteiger partial charge in [-0.2, -0.15) is 0 Å². The number of nitrogens with one attached hydrogen (secondary N) is 3. The summed E-state index contributed by atoms with van der Waals surface area (Å²) < 4.78 is 0. The molecule has 176 valence electrons. The van der Waals surface area contributed by atoms with E-state index >= 15 is 0 Å². The highest BCUT2D eigenvalue weighted by atomic mass is 35.5. The fourth-order valence-electron chi connectivity index (χ4n) is 3.80. The van der Waals surface area contributed by atoms with Crippen molar-refractivity contribution in [3.63, 3.8) is 0 Å². The third-order valence-corrected chi connectivity index (χ3v) is 5.86. The topological polar surface area (TPSA) is 112 Å². The lowest BCUT2D eigenvalue weighted by Crippen LogP contribution is -2.40. The van der Waals surface area contributed by atoms with Gasteiger partial charge in [-0.15, -0.1) is 10.2 Å². The number of carbonyl (C=O) groups excluding carboxylic acids is 2. The van der Waals surface area contributed by atoms with Crippen molar-refractivity contribution in [3.8, 4) is 0 Å². The van der Waals surface area contributed by atoms with E-state index in [1.165, 1.54) is 0 Å². The lowest BCUT2D eigenvalue weighted by Gasteiger charge is -2.31. The SMILES string of the molecule is O=C(NCc1ccncc1)Nc1cccc(CNC(=O)C2CCN(c3ccc(Cl)nn3)CC2)c1. The summed E-state index contributed by atoms with van der Waals surface area (Å²) >= 11 is 5.80. The van der Waals surface area contributed by atoms with Crippen molar-refractivity contribution in [2.24, 2.45) is 5.92 Å². The lowest BCUT2D eigenvalue weighted by molar-refractivity contribution is -0.125. The Bertz CT molecular complexity index is 1100. The Morgan fingerprint density at radius 1 is 0.941 bits per heavy atom. The van der Waals surface area contributed by atoms with Gasteiger partial charge in [-0.3, -0.25) is 9.78 Å². The lowest BCUT2D eigenvalue weighted by atomic mass is 9.96. The van der Waals surface area contributed by atoms with Crippen LogP contribution in [-0.4, -0.2) is 40.2 Å². The molecule has 0 radical (unpaired) electrons. The van der Waals surface area contributed by atoms with Gasteiger partial charge in [0.15, 0.2) is 11.0 Å². The van der Waals surface area contributed by atoms with Crippen LogP contribution in [-0.2, 0) is 17.9 Å². The van der Waals surface area contributed by atoms with Crippen LogP contribution < -0.4 is 20.9 Å². The van der Waals surface area contributed by atoms with Crippen LogP contribution in [0.3, 0.4) is 0 Å². The van der Waals surface area contributed by atoms with Crippen molar-refractivity contribution >= 4 is 35.0 Å². The summed E-state index contributed by atoms with van der Waals surface area (Å²) in [5, 5.41) is 17.0. The molecule has 1 aromatic carbocycles. The molecule has 9 nitrogen and oxygen atoms in total. The number of rotatable bonds is 7. The summed E-state index contributed by atoms with van der Waals surface area (Å²) in [7, 11) is 0. The van der Waals surface area contributed by atoms with Crippen molar-refractivity contribution in [2.75, 3.05) is 23.3 Å². The average molecular weight is 480 g/mol. The maximum absolute atomic E-state index is 12.7. The van der Waals surface area contributed by atoms with Crippen LogP contribution in [0.25, 0.3) is 0 Å². The normalized spacial score (nSPS) is 13.9. The molecule has 3 heterocycles. The number of pyridine rings is 1. The number of amides is 3. The Morgan fingerprint density at radius 2 is 1.71 bits per heavy atom. The monoisotopic (exact) mass is 479 g/mol. The largest absolute Gasteiger partial charge is 0.355 e. The number of hydrogen-bond acceptors (Lipinski definition) is 6. The van der Waals surface area contributed by atoms with E-state index < -0.39 is 0 Å². The van der Waals surface area contributed by atoms with E-state index in [1.807, 2.05) is 42.5 Å². The van der Waals surface area contributed by atoms with E-state index in [0.717, 1.165) is 42.9 Å². The highest BCUT2D eigenvalue weighted by Gasteiger charge is 2.25. The number of carbonyl (C=O) groups is 2. The van der Waals surface area contributed by atoms with E-state index in [1.54, 1.807) is 18.5 Å². The predicted octanol–water partition coefficient (Wildman–Crippen LogP) is 3.38. The van der Waals surface area contributed by atoms with Crippen LogP contribution in [0.15, 0.2) is 60.9 Å². The Kier molecular flexibility index (Phi) is 7.87. The number of benzene rings is 1. The molecular weight excluding hydrogens is 454 g/mol. The number of anilines is 2. The standard InChI is InChI=1S/C24H26ClN7O2/c25-21-4-5-22(31-30-21)32-12-8-19(9-13-32)23(33)27-16-18-2-1-3-20(14-18)29-24(34)28-15-17-6-10-26-11-7-17/h1-7,10-11,14,19H,8-9,12-13,15-16H2,(H,27,33)(H2,28,29,34). The third-order valence-electron chi connectivity index (χ3n) is 5.66. The first-order valence-corrected chi connectivity index (χ1v) is 11.5. The first-order chi connectivity index (χ1) is 16.6. The first-order valence-electron chi connectivity index (χ1n) is 11.1. The van der Waals surface area contributed by atoms with Gasteiger partial charge in [0.1, 0.15) is 0 Å². The fourth-order valence-corrected chi connectivity index (χ4v) is 3.90. The first kappa shape index (κ1) is 23.4. The summed E-state index contributed by atoms with van der Waals surface area (Å²) in [5.74, 6) is 0.768. The molecule has 10 heteroatoms. The Morgan fingerprint density at radius 3 is 2.44 bits per heavy atom. The zero-order valence-corrected chi connectivity index (χ0v) is 19.3. The second-order valence-corrected chi connectivity index (χ2v) is 8.44. The van der Waals surface area contributed by atoms with Gasteiger partial charge in [0.05, 0.1) is 0 Å². The zero-order chi connectivity index (χ0) is 23.8. The maximum Gasteiger partial charge on any atom is 0.319 e. The second kappa shape index (κ2) is 11.4. The van der Waals surface area contributed by atoms with Crippen LogP contribution in [0, 0.1) is 5.92 Å². The molecular formula is C24H26ClN7O2. The highest BCUT2D eigenvalue weighted by Crippen LogP contribution is 2.22. The second-order valence-electron chi connectivity index (χ2n) is 8.06. The summed E-state index contributed by atoms with van der Waals surface area (Å²) in [6.45, 7) is 2.29. The molecule has 0 aliphatic carbocycles. The van der Waals surface area contributed by atoms with E-state index in [2.05, 4.69) is 36.0 Å². The van der Waals surface area contributed by atoms with Gasteiger partial charge in [-0.1, -0.05) is 23.7 Å². The average Bonchev–Trinajstić information content (AvgIpc) is 2.87. The molecule has 4 rings (SSSR count). The van der Waals surface area contributed by atoms with Crippen LogP contribution >= 0.6 is 11.6 Å². The molecule has 0 unspecified atom stereocenters. The fraction of sp³-hybridized carbons (Fsp3) is 0.292. The summed E-state index contributed by atoms with van der Waals surface area (Å²) in [6, 6.07) is 14.4. The van der Waals surface area contributed by atoms with E-state index in [-0.39, 0.29) is 17.9 Å². The number of hydrogen-bond donors (Lipinski definition) is 3.